The quantitative estimate of drug-likeness (QED) is 0.643. The highest BCUT2D eigenvalue weighted by Gasteiger charge is 2.23. The molecule has 0 saturated carbocycles. The lowest BCUT2D eigenvalue weighted by Gasteiger charge is -2.34. The Balaban J connectivity index is 1.30. The van der Waals surface area contributed by atoms with Crippen molar-refractivity contribution in [3.8, 4) is 11.4 Å². The summed E-state index contributed by atoms with van der Waals surface area (Å²) in [5, 5.41) is 4.69. The highest BCUT2D eigenvalue weighted by atomic mass is 35.5. The molecule has 0 unspecified atom stereocenters. The number of rotatable bonds is 5. The summed E-state index contributed by atoms with van der Waals surface area (Å²) in [4.78, 5) is 21.3. The van der Waals surface area contributed by atoms with Crippen molar-refractivity contribution in [2.24, 2.45) is 0 Å². The van der Waals surface area contributed by atoms with Crippen LogP contribution in [0.3, 0.4) is 0 Å². The van der Waals surface area contributed by atoms with Crippen molar-refractivity contribution >= 4 is 17.5 Å². The molecule has 0 spiro atoms. The Morgan fingerprint density at radius 1 is 1.10 bits per heavy atom. The van der Waals surface area contributed by atoms with Crippen molar-refractivity contribution in [1.82, 2.24) is 19.9 Å². The van der Waals surface area contributed by atoms with Gasteiger partial charge in [0.25, 0.3) is 0 Å². The zero-order valence-electron chi connectivity index (χ0n) is 16.3. The maximum atomic E-state index is 12.6. The molecule has 150 valence electrons. The number of amides is 1. The molecule has 4 rings (SSSR count). The van der Waals surface area contributed by atoms with Crippen molar-refractivity contribution < 1.29 is 9.32 Å². The summed E-state index contributed by atoms with van der Waals surface area (Å²) in [5.74, 6) is 1.29. The molecule has 6 nitrogen and oxygen atoms in total. The fourth-order valence-electron chi connectivity index (χ4n) is 3.49. The molecule has 1 fully saturated rings. The number of aromatic nitrogens is 2. The number of benzene rings is 2. The largest absolute Gasteiger partial charge is 0.340 e. The average Bonchev–Trinajstić information content (AvgIpc) is 3.19. The predicted octanol–water partition coefficient (Wildman–Crippen LogP) is 3.59. The zero-order valence-corrected chi connectivity index (χ0v) is 17.1. The first-order chi connectivity index (χ1) is 14.1. The topological polar surface area (TPSA) is 62.5 Å². The van der Waals surface area contributed by atoms with Crippen LogP contribution >= 0.6 is 11.6 Å². The van der Waals surface area contributed by atoms with Crippen LogP contribution in [0.2, 0.25) is 5.02 Å². The maximum absolute atomic E-state index is 12.6. The second-order valence-electron chi connectivity index (χ2n) is 7.28. The van der Waals surface area contributed by atoms with Crippen molar-refractivity contribution in [2.75, 3.05) is 26.2 Å². The number of nitrogens with zero attached hydrogens (tertiary/aromatic N) is 4. The molecule has 1 aliphatic rings. The first-order valence-corrected chi connectivity index (χ1v) is 10.1. The molecule has 0 atom stereocenters. The van der Waals surface area contributed by atoms with Gasteiger partial charge >= 0.3 is 0 Å². The van der Waals surface area contributed by atoms with E-state index in [-0.39, 0.29) is 5.91 Å². The molecule has 0 bridgehead atoms. The Labute approximate surface area is 175 Å². The molecular weight excluding hydrogens is 388 g/mol. The number of aryl methyl sites for hydroxylation is 1. The third kappa shape index (κ3) is 4.83. The maximum Gasteiger partial charge on any atom is 0.241 e. The molecule has 0 aliphatic carbocycles. The van der Waals surface area contributed by atoms with E-state index < -0.39 is 0 Å². The number of carbonyl (C=O) groups excluding carboxylic acids is 1. The molecule has 2 heterocycles. The molecule has 0 radical (unpaired) electrons. The lowest BCUT2D eigenvalue weighted by Crippen LogP contribution is -2.48. The molecule has 1 amide bonds. The van der Waals surface area contributed by atoms with E-state index in [0.29, 0.717) is 42.8 Å². The van der Waals surface area contributed by atoms with Crippen LogP contribution in [0.5, 0.6) is 0 Å². The summed E-state index contributed by atoms with van der Waals surface area (Å²) >= 11 is 6.03. The second-order valence-corrected chi connectivity index (χ2v) is 7.72. The fourth-order valence-corrected chi connectivity index (χ4v) is 3.68. The van der Waals surface area contributed by atoms with E-state index in [2.05, 4.69) is 15.0 Å². The van der Waals surface area contributed by atoms with Gasteiger partial charge in [0.1, 0.15) is 0 Å². The molecule has 1 aliphatic heterocycles. The van der Waals surface area contributed by atoms with Crippen molar-refractivity contribution in [3.63, 3.8) is 0 Å². The van der Waals surface area contributed by atoms with E-state index in [1.807, 2.05) is 60.4 Å². The summed E-state index contributed by atoms with van der Waals surface area (Å²) in [6.07, 6.45) is 0.458. The van der Waals surface area contributed by atoms with E-state index in [1.54, 1.807) is 0 Å². The van der Waals surface area contributed by atoms with Gasteiger partial charge in [0.05, 0.1) is 13.0 Å². The lowest BCUT2D eigenvalue weighted by atomic mass is 10.1. The Kier molecular flexibility index (Phi) is 5.92. The van der Waals surface area contributed by atoms with E-state index >= 15 is 0 Å². The van der Waals surface area contributed by atoms with Gasteiger partial charge in [-0.2, -0.15) is 4.98 Å². The van der Waals surface area contributed by atoms with Gasteiger partial charge < -0.3 is 9.42 Å². The Hall–Kier alpha value is -2.70. The van der Waals surface area contributed by atoms with Gasteiger partial charge in [0.15, 0.2) is 0 Å². The first-order valence-electron chi connectivity index (χ1n) is 9.71. The number of hydrogen-bond donors (Lipinski definition) is 0. The molecule has 2 aromatic carbocycles. The summed E-state index contributed by atoms with van der Waals surface area (Å²) in [5.41, 5.74) is 3.09. The van der Waals surface area contributed by atoms with Crippen LogP contribution in [-0.2, 0) is 17.8 Å². The summed E-state index contributed by atoms with van der Waals surface area (Å²) < 4.78 is 5.40. The smallest absolute Gasteiger partial charge is 0.241 e. The van der Waals surface area contributed by atoms with Crippen LogP contribution in [0, 0.1) is 6.92 Å². The average molecular weight is 411 g/mol. The first kappa shape index (κ1) is 19.6. The third-order valence-electron chi connectivity index (χ3n) is 5.24. The minimum Gasteiger partial charge on any atom is -0.340 e. The lowest BCUT2D eigenvalue weighted by molar-refractivity contribution is -0.132. The zero-order chi connectivity index (χ0) is 20.2. The number of halogens is 1. The molecule has 0 N–H and O–H groups in total. The van der Waals surface area contributed by atoms with Gasteiger partial charge in [-0.05, 0) is 30.2 Å². The van der Waals surface area contributed by atoms with E-state index in [4.69, 9.17) is 16.1 Å². The van der Waals surface area contributed by atoms with Crippen LogP contribution in [0.25, 0.3) is 11.4 Å². The standard InChI is InChI=1S/C22H23ClN4O2/c1-16-5-2-3-6-17(16)14-21(28)27-11-9-26(10-12-27)15-20-24-22(25-29-20)18-7-4-8-19(23)13-18/h2-8,13H,9-12,14-15H2,1H3. The van der Waals surface area contributed by atoms with Gasteiger partial charge in [-0.25, -0.2) is 0 Å². The highest BCUT2D eigenvalue weighted by molar-refractivity contribution is 6.30. The number of hydrogen-bond acceptors (Lipinski definition) is 5. The van der Waals surface area contributed by atoms with Crippen molar-refractivity contribution in [2.45, 2.75) is 19.9 Å². The van der Waals surface area contributed by atoms with Gasteiger partial charge in [0.2, 0.25) is 17.6 Å². The third-order valence-corrected chi connectivity index (χ3v) is 5.47. The second kappa shape index (κ2) is 8.76. The molecular formula is C22H23ClN4O2. The minimum absolute atomic E-state index is 0.181. The van der Waals surface area contributed by atoms with Crippen LogP contribution in [0.4, 0.5) is 0 Å². The number of carbonyl (C=O) groups is 1. The molecule has 3 aromatic rings. The van der Waals surface area contributed by atoms with E-state index in [1.165, 1.54) is 0 Å². The predicted molar refractivity (Wildman–Crippen MR) is 111 cm³/mol. The summed E-state index contributed by atoms with van der Waals surface area (Å²) in [7, 11) is 0. The molecule has 29 heavy (non-hydrogen) atoms. The van der Waals surface area contributed by atoms with Crippen LogP contribution in [-0.4, -0.2) is 52.0 Å². The Bertz CT molecular complexity index is 996. The van der Waals surface area contributed by atoms with Gasteiger partial charge in [-0.3, -0.25) is 9.69 Å². The highest BCUT2D eigenvalue weighted by Crippen LogP contribution is 2.20. The van der Waals surface area contributed by atoms with Crippen molar-refractivity contribution in [1.29, 1.82) is 0 Å². The minimum atomic E-state index is 0.181. The Morgan fingerprint density at radius 2 is 1.90 bits per heavy atom. The SMILES string of the molecule is Cc1ccccc1CC(=O)N1CCN(Cc2nc(-c3cccc(Cl)c3)no2)CC1. The van der Waals surface area contributed by atoms with Crippen LogP contribution in [0.1, 0.15) is 17.0 Å². The van der Waals surface area contributed by atoms with E-state index in [9.17, 15) is 4.79 Å². The van der Waals surface area contributed by atoms with Crippen LogP contribution in [0.15, 0.2) is 53.1 Å². The normalized spacial score (nSPS) is 14.9. The number of piperazine rings is 1. The molecule has 1 aromatic heterocycles. The Morgan fingerprint density at radius 3 is 2.66 bits per heavy atom. The summed E-state index contributed by atoms with van der Waals surface area (Å²) in [6, 6.07) is 15.4. The molecule has 7 heteroatoms. The van der Waals surface area contributed by atoms with Gasteiger partial charge in [0, 0.05) is 36.8 Å². The van der Waals surface area contributed by atoms with E-state index in [0.717, 1.165) is 29.8 Å². The fraction of sp³-hybridized carbons (Fsp3) is 0.318. The van der Waals surface area contributed by atoms with Crippen LogP contribution < -0.4 is 0 Å². The van der Waals surface area contributed by atoms with Crippen molar-refractivity contribution in [3.05, 3.63) is 70.6 Å². The van der Waals surface area contributed by atoms with Gasteiger partial charge in [-0.15, -0.1) is 0 Å². The monoisotopic (exact) mass is 410 g/mol. The summed E-state index contributed by atoms with van der Waals surface area (Å²) in [6.45, 7) is 5.61. The molecule has 1 saturated heterocycles. The van der Waals surface area contributed by atoms with Gasteiger partial charge in [-0.1, -0.05) is 53.2 Å².